The van der Waals surface area contributed by atoms with Crippen LogP contribution in [0.4, 0.5) is 4.39 Å². The summed E-state index contributed by atoms with van der Waals surface area (Å²) in [6.45, 7) is 2.98. The van der Waals surface area contributed by atoms with Gasteiger partial charge in [0.15, 0.2) is 0 Å². The standard InChI is InChI=1S/C12H14BrFN2O/c13-11-7-10(14)2-1-9(11)8-16-5-3-12(17)15-4-6-16/h1-2,7H,3-6,8H2,(H,15,17). The van der Waals surface area contributed by atoms with Crippen LogP contribution in [0.15, 0.2) is 22.7 Å². The third-order valence-corrected chi connectivity index (χ3v) is 3.55. The van der Waals surface area contributed by atoms with Crippen molar-refractivity contribution >= 4 is 21.8 Å². The molecule has 0 unspecified atom stereocenters. The highest BCUT2D eigenvalue weighted by Crippen LogP contribution is 2.20. The van der Waals surface area contributed by atoms with E-state index in [9.17, 15) is 9.18 Å². The second kappa shape index (κ2) is 5.60. The maximum atomic E-state index is 12.9. The molecule has 0 radical (unpaired) electrons. The zero-order valence-corrected chi connectivity index (χ0v) is 11.0. The van der Waals surface area contributed by atoms with Gasteiger partial charge in [0.05, 0.1) is 0 Å². The Bertz CT molecular complexity index is 425. The molecule has 1 aromatic rings. The average Bonchev–Trinajstić information content (AvgIpc) is 2.48. The topological polar surface area (TPSA) is 32.3 Å². The number of rotatable bonds is 2. The summed E-state index contributed by atoms with van der Waals surface area (Å²) in [6, 6.07) is 4.71. The van der Waals surface area contributed by atoms with Crippen molar-refractivity contribution in [3.8, 4) is 0 Å². The minimum atomic E-state index is -0.242. The molecular formula is C12H14BrFN2O. The molecule has 0 saturated carbocycles. The quantitative estimate of drug-likeness (QED) is 0.905. The lowest BCUT2D eigenvalue weighted by atomic mass is 10.2. The van der Waals surface area contributed by atoms with Gasteiger partial charge in [-0.2, -0.15) is 0 Å². The second-order valence-electron chi connectivity index (χ2n) is 4.11. The van der Waals surface area contributed by atoms with Crippen molar-refractivity contribution < 1.29 is 9.18 Å². The predicted octanol–water partition coefficient (Wildman–Crippen LogP) is 1.91. The van der Waals surface area contributed by atoms with Gasteiger partial charge in [0.2, 0.25) is 5.91 Å². The van der Waals surface area contributed by atoms with E-state index in [1.807, 2.05) is 0 Å². The first-order valence-corrected chi connectivity index (χ1v) is 6.37. The number of carbonyl (C=O) groups excluding carboxylic acids is 1. The molecule has 1 aromatic carbocycles. The summed E-state index contributed by atoms with van der Waals surface area (Å²) in [6.07, 6.45) is 0.527. The van der Waals surface area contributed by atoms with Crippen molar-refractivity contribution in [2.45, 2.75) is 13.0 Å². The molecule has 3 nitrogen and oxygen atoms in total. The van der Waals surface area contributed by atoms with Crippen LogP contribution in [0, 0.1) is 5.82 Å². The Morgan fingerprint density at radius 1 is 1.41 bits per heavy atom. The van der Waals surface area contributed by atoms with Crippen molar-refractivity contribution in [1.82, 2.24) is 10.2 Å². The summed E-state index contributed by atoms with van der Waals surface area (Å²) in [7, 11) is 0. The molecule has 1 amide bonds. The molecule has 1 fully saturated rings. The van der Waals surface area contributed by atoms with Crippen molar-refractivity contribution in [2.24, 2.45) is 0 Å². The van der Waals surface area contributed by atoms with E-state index in [2.05, 4.69) is 26.1 Å². The van der Waals surface area contributed by atoms with Gasteiger partial charge in [-0.05, 0) is 17.7 Å². The molecule has 0 aliphatic carbocycles. The smallest absolute Gasteiger partial charge is 0.221 e. The van der Waals surface area contributed by atoms with Crippen LogP contribution < -0.4 is 5.32 Å². The Labute approximate surface area is 108 Å². The van der Waals surface area contributed by atoms with Gasteiger partial charge in [0.1, 0.15) is 5.82 Å². The van der Waals surface area contributed by atoms with Crippen LogP contribution in [0.1, 0.15) is 12.0 Å². The largest absolute Gasteiger partial charge is 0.355 e. The van der Waals surface area contributed by atoms with E-state index < -0.39 is 0 Å². The Morgan fingerprint density at radius 3 is 3.00 bits per heavy atom. The first-order valence-electron chi connectivity index (χ1n) is 5.58. The van der Waals surface area contributed by atoms with E-state index in [1.165, 1.54) is 12.1 Å². The molecule has 1 saturated heterocycles. The Hall–Kier alpha value is -0.940. The zero-order valence-electron chi connectivity index (χ0n) is 9.38. The lowest BCUT2D eigenvalue weighted by molar-refractivity contribution is -0.120. The van der Waals surface area contributed by atoms with E-state index in [4.69, 9.17) is 0 Å². The fourth-order valence-corrected chi connectivity index (χ4v) is 2.34. The van der Waals surface area contributed by atoms with E-state index in [1.54, 1.807) is 6.07 Å². The monoisotopic (exact) mass is 300 g/mol. The number of hydrogen-bond acceptors (Lipinski definition) is 2. The molecule has 2 rings (SSSR count). The number of nitrogens with one attached hydrogen (secondary N) is 1. The SMILES string of the molecule is O=C1CCN(Cc2ccc(F)cc2Br)CCN1. The van der Waals surface area contributed by atoms with E-state index in [0.717, 1.165) is 29.7 Å². The number of carbonyl (C=O) groups is 1. The molecule has 0 bridgehead atoms. The first kappa shape index (κ1) is 12.5. The van der Waals surface area contributed by atoms with Gasteiger partial charge in [-0.25, -0.2) is 4.39 Å². The highest BCUT2D eigenvalue weighted by Gasteiger charge is 2.14. The van der Waals surface area contributed by atoms with Gasteiger partial charge < -0.3 is 5.32 Å². The number of benzene rings is 1. The summed E-state index contributed by atoms with van der Waals surface area (Å²) in [4.78, 5) is 13.4. The fourth-order valence-electron chi connectivity index (χ4n) is 1.86. The molecule has 0 atom stereocenters. The summed E-state index contributed by atoms with van der Waals surface area (Å²) in [5.41, 5.74) is 1.04. The van der Waals surface area contributed by atoms with Crippen LogP contribution >= 0.6 is 15.9 Å². The van der Waals surface area contributed by atoms with Crippen LogP contribution in [0.3, 0.4) is 0 Å². The fraction of sp³-hybridized carbons (Fsp3) is 0.417. The van der Waals surface area contributed by atoms with E-state index in [0.29, 0.717) is 13.0 Å². The van der Waals surface area contributed by atoms with Crippen LogP contribution in [-0.4, -0.2) is 30.4 Å². The third kappa shape index (κ3) is 3.51. The Balaban J connectivity index is 2.02. The Kier molecular flexibility index (Phi) is 4.12. The summed E-state index contributed by atoms with van der Waals surface area (Å²) in [5.74, 6) is -0.140. The van der Waals surface area contributed by atoms with Gasteiger partial charge in [-0.15, -0.1) is 0 Å². The number of amides is 1. The molecule has 92 valence electrons. The lowest BCUT2D eigenvalue weighted by Crippen LogP contribution is -2.28. The van der Waals surface area contributed by atoms with E-state index in [-0.39, 0.29) is 11.7 Å². The molecule has 1 aliphatic heterocycles. The number of nitrogens with zero attached hydrogens (tertiary/aromatic N) is 1. The molecule has 0 aromatic heterocycles. The van der Waals surface area contributed by atoms with E-state index >= 15 is 0 Å². The Morgan fingerprint density at radius 2 is 2.24 bits per heavy atom. The van der Waals surface area contributed by atoms with Crippen molar-refractivity contribution in [3.05, 3.63) is 34.1 Å². The molecular weight excluding hydrogens is 287 g/mol. The maximum absolute atomic E-state index is 12.9. The first-order chi connectivity index (χ1) is 8.15. The molecule has 17 heavy (non-hydrogen) atoms. The zero-order chi connectivity index (χ0) is 12.3. The van der Waals surface area contributed by atoms with Crippen molar-refractivity contribution in [3.63, 3.8) is 0 Å². The van der Waals surface area contributed by atoms with Gasteiger partial charge in [0.25, 0.3) is 0 Å². The molecule has 5 heteroatoms. The van der Waals surface area contributed by atoms with Crippen molar-refractivity contribution in [1.29, 1.82) is 0 Å². The highest BCUT2D eigenvalue weighted by molar-refractivity contribution is 9.10. The molecule has 1 heterocycles. The molecule has 1 N–H and O–H groups in total. The number of halogens is 2. The summed E-state index contributed by atoms with van der Waals surface area (Å²) in [5, 5.41) is 2.83. The highest BCUT2D eigenvalue weighted by atomic mass is 79.9. The average molecular weight is 301 g/mol. The number of hydrogen-bond donors (Lipinski definition) is 1. The second-order valence-corrected chi connectivity index (χ2v) is 4.97. The predicted molar refractivity (Wildman–Crippen MR) is 67.0 cm³/mol. The normalized spacial score (nSPS) is 17.6. The van der Waals surface area contributed by atoms with Crippen LogP contribution in [0.2, 0.25) is 0 Å². The van der Waals surface area contributed by atoms with Crippen LogP contribution in [0.5, 0.6) is 0 Å². The maximum Gasteiger partial charge on any atom is 0.221 e. The molecule has 0 spiro atoms. The third-order valence-electron chi connectivity index (χ3n) is 2.81. The minimum Gasteiger partial charge on any atom is -0.355 e. The van der Waals surface area contributed by atoms with Gasteiger partial charge in [0, 0.05) is 37.1 Å². The minimum absolute atomic E-state index is 0.102. The van der Waals surface area contributed by atoms with Crippen LogP contribution in [0.25, 0.3) is 0 Å². The summed E-state index contributed by atoms with van der Waals surface area (Å²) >= 11 is 3.36. The van der Waals surface area contributed by atoms with Crippen molar-refractivity contribution in [2.75, 3.05) is 19.6 Å². The van der Waals surface area contributed by atoms with Gasteiger partial charge in [-0.1, -0.05) is 22.0 Å². The van der Waals surface area contributed by atoms with Gasteiger partial charge in [-0.3, -0.25) is 9.69 Å². The molecule has 1 aliphatic rings. The summed E-state index contributed by atoms with van der Waals surface area (Å²) < 4.78 is 13.7. The lowest BCUT2D eigenvalue weighted by Gasteiger charge is -2.19. The van der Waals surface area contributed by atoms with Crippen LogP contribution in [-0.2, 0) is 11.3 Å². The van der Waals surface area contributed by atoms with Gasteiger partial charge >= 0.3 is 0 Å².